The van der Waals surface area contributed by atoms with Crippen LogP contribution in [0.25, 0.3) is 0 Å². The zero-order valence-electron chi connectivity index (χ0n) is 11.6. The maximum Gasteiger partial charge on any atom is 0.238 e. The van der Waals surface area contributed by atoms with Crippen LogP contribution in [-0.4, -0.2) is 39.6 Å². The molecule has 7 heteroatoms. The molecule has 1 heterocycles. The summed E-state index contributed by atoms with van der Waals surface area (Å²) in [6, 6.07) is 4.60. The molecular weight excluding hydrogens is 278 g/mol. The Labute approximate surface area is 119 Å². The number of likely N-dealkylation sites (tertiary alicyclic amines) is 1. The Morgan fingerprint density at radius 2 is 2.15 bits per heavy atom. The number of primary sulfonamides is 1. The average molecular weight is 299 g/mol. The molecule has 0 aromatic heterocycles. The molecule has 1 aromatic carbocycles. The molecule has 1 aliphatic rings. The lowest BCUT2D eigenvalue weighted by Gasteiger charge is -2.32. The fourth-order valence-corrected chi connectivity index (χ4v) is 2.89. The summed E-state index contributed by atoms with van der Waals surface area (Å²) in [6.07, 6.45) is 3.46. The first kappa shape index (κ1) is 15.1. The van der Waals surface area contributed by atoms with E-state index < -0.39 is 10.0 Å². The SMILES string of the molecule is CN1CCCCC1COc1cc(S(N)(=O)=O)ccc1N. The van der Waals surface area contributed by atoms with Crippen molar-refractivity contribution in [3.63, 3.8) is 0 Å². The Morgan fingerprint density at radius 3 is 2.80 bits per heavy atom. The van der Waals surface area contributed by atoms with Crippen molar-refractivity contribution in [2.24, 2.45) is 5.14 Å². The number of sulfonamides is 1. The van der Waals surface area contributed by atoms with E-state index in [-0.39, 0.29) is 4.90 Å². The van der Waals surface area contributed by atoms with Gasteiger partial charge in [0.2, 0.25) is 10.0 Å². The first-order valence-corrected chi connectivity index (χ1v) is 8.18. The van der Waals surface area contributed by atoms with Gasteiger partial charge in [0.05, 0.1) is 10.6 Å². The predicted octanol–water partition coefficient (Wildman–Crippen LogP) is 0.779. The van der Waals surface area contributed by atoms with E-state index in [4.69, 9.17) is 15.6 Å². The molecule has 1 atom stereocenters. The second-order valence-electron chi connectivity index (χ2n) is 5.19. The third kappa shape index (κ3) is 3.62. The number of hydrogen-bond donors (Lipinski definition) is 2. The summed E-state index contributed by atoms with van der Waals surface area (Å²) >= 11 is 0. The van der Waals surface area contributed by atoms with Crippen molar-refractivity contribution in [2.75, 3.05) is 25.9 Å². The lowest BCUT2D eigenvalue weighted by molar-refractivity contribution is 0.125. The van der Waals surface area contributed by atoms with Crippen LogP contribution in [0.2, 0.25) is 0 Å². The van der Waals surface area contributed by atoms with E-state index in [0.717, 1.165) is 13.0 Å². The van der Waals surface area contributed by atoms with Gasteiger partial charge in [-0.3, -0.25) is 0 Å². The monoisotopic (exact) mass is 299 g/mol. The number of likely N-dealkylation sites (N-methyl/N-ethyl adjacent to an activating group) is 1. The molecule has 6 nitrogen and oxygen atoms in total. The quantitative estimate of drug-likeness (QED) is 0.800. The van der Waals surface area contributed by atoms with Gasteiger partial charge in [-0.15, -0.1) is 0 Å². The van der Waals surface area contributed by atoms with Crippen LogP contribution in [-0.2, 0) is 10.0 Å². The van der Waals surface area contributed by atoms with E-state index in [2.05, 4.69) is 11.9 Å². The molecule has 1 aromatic rings. The highest BCUT2D eigenvalue weighted by Crippen LogP contribution is 2.26. The summed E-state index contributed by atoms with van der Waals surface area (Å²) in [5, 5.41) is 5.10. The molecule has 0 bridgehead atoms. The number of piperidine rings is 1. The van der Waals surface area contributed by atoms with E-state index in [9.17, 15) is 8.42 Å². The molecule has 112 valence electrons. The minimum absolute atomic E-state index is 0.0127. The van der Waals surface area contributed by atoms with Crippen LogP contribution in [0.4, 0.5) is 5.69 Å². The smallest absolute Gasteiger partial charge is 0.238 e. The summed E-state index contributed by atoms with van der Waals surface area (Å²) in [5.41, 5.74) is 6.22. The number of anilines is 1. The van der Waals surface area contributed by atoms with Crippen molar-refractivity contribution in [2.45, 2.75) is 30.2 Å². The lowest BCUT2D eigenvalue weighted by Crippen LogP contribution is -2.40. The van der Waals surface area contributed by atoms with E-state index in [1.807, 2.05) is 0 Å². The fourth-order valence-electron chi connectivity index (χ4n) is 2.36. The van der Waals surface area contributed by atoms with E-state index in [0.29, 0.717) is 24.1 Å². The maximum atomic E-state index is 11.3. The Hall–Kier alpha value is -1.31. The van der Waals surface area contributed by atoms with Gasteiger partial charge >= 0.3 is 0 Å². The molecule has 1 unspecified atom stereocenters. The van der Waals surface area contributed by atoms with Gasteiger partial charge in [0, 0.05) is 12.1 Å². The maximum absolute atomic E-state index is 11.3. The summed E-state index contributed by atoms with van der Waals surface area (Å²) in [6.45, 7) is 1.55. The molecule has 0 saturated carbocycles. The zero-order valence-corrected chi connectivity index (χ0v) is 12.4. The molecule has 1 aliphatic heterocycles. The van der Waals surface area contributed by atoms with Crippen LogP contribution in [0.3, 0.4) is 0 Å². The molecule has 0 amide bonds. The first-order chi connectivity index (χ1) is 9.38. The van der Waals surface area contributed by atoms with Crippen molar-refractivity contribution < 1.29 is 13.2 Å². The van der Waals surface area contributed by atoms with Gasteiger partial charge in [-0.2, -0.15) is 0 Å². The number of benzene rings is 1. The van der Waals surface area contributed by atoms with Gasteiger partial charge in [0.1, 0.15) is 12.4 Å². The summed E-state index contributed by atoms with van der Waals surface area (Å²) in [5.74, 6) is 0.371. The van der Waals surface area contributed by atoms with Crippen LogP contribution in [0, 0.1) is 0 Å². The largest absolute Gasteiger partial charge is 0.490 e. The second kappa shape index (κ2) is 5.99. The molecule has 1 saturated heterocycles. The van der Waals surface area contributed by atoms with E-state index in [1.54, 1.807) is 0 Å². The van der Waals surface area contributed by atoms with Gasteiger partial charge in [0.15, 0.2) is 0 Å². The predicted molar refractivity (Wildman–Crippen MR) is 78.0 cm³/mol. The molecular formula is C13H21N3O3S. The number of hydrogen-bond acceptors (Lipinski definition) is 5. The lowest BCUT2D eigenvalue weighted by atomic mass is 10.0. The molecule has 4 N–H and O–H groups in total. The normalized spacial score (nSPS) is 20.8. The average Bonchev–Trinajstić information content (AvgIpc) is 2.38. The molecule has 0 radical (unpaired) electrons. The topological polar surface area (TPSA) is 98.6 Å². The Balaban J connectivity index is 2.09. The molecule has 0 spiro atoms. The minimum Gasteiger partial charge on any atom is -0.490 e. The standard InChI is InChI=1S/C13H21N3O3S/c1-16-7-3-2-4-10(16)9-19-13-8-11(20(15,17)18)5-6-12(13)14/h5-6,8,10H,2-4,7,9,14H2,1H3,(H2,15,17,18). The van der Waals surface area contributed by atoms with Crippen molar-refractivity contribution in [1.29, 1.82) is 0 Å². The summed E-state index contributed by atoms with van der Waals surface area (Å²) in [7, 11) is -1.68. The fraction of sp³-hybridized carbons (Fsp3) is 0.538. The third-order valence-corrected chi connectivity index (χ3v) is 4.58. The Bertz CT molecular complexity index is 574. The third-order valence-electron chi connectivity index (χ3n) is 3.67. The number of nitrogens with zero attached hydrogens (tertiary/aromatic N) is 1. The number of nitrogen functional groups attached to an aromatic ring is 1. The highest BCUT2D eigenvalue weighted by Gasteiger charge is 2.20. The Kier molecular flexibility index (Phi) is 4.52. The Morgan fingerprint density at radius 1 is 1.40 bits per heavy atom. The van der Waals surface area contributed by atoms with Gasteiger partial charge in [-0.25, -0.2) is 13.6 Å². The van der Waals surface area contributed by atoms with E-state index >= 15 is 0 Å². The number of nitrogens with two attached hydrogens (primary N) is 2. The van der Waals surface area contributed by atoms with Crippen molar-refractivity contribution >= 4 is 15.7 Å². The van der Waals surface area contributed by atoms with Crippen LogP contribution < -0.4 is 15.6 Å². The highest BCUT2D eigenvalue weighted by atomic mass is 32.2. The van der Waals surface area contributed by atoms with Gasteiger partial charge in [0.25, 0.3) is 0 Å². The summed E-state index contributed by atoms with van der Waals surface area (Å²) in [4.78, 5) is 2.27. The zero-order chi connectivity index (χ0) is 14.8. The first-order valence-electron chi connectivity index (χ1n) is 6.63. The molecule has 20 heavy (non-hydrogen) atoms. The number of rotatable bonds is 4. The molecule has 0 aliphatic carbocycles. The minimum atomic E-state index is -3.74. The molecule has 2 rings (SSSR count). The van der Waals surface area contributed by atoms with Gasteiger partial charge in [-0.05, 0) is 38.6 Å². The highest BCUT2D eigenvalue weighted by molar-refractivity contribution is 7.89. The van der Waals surface area contributed by atoms with Crippen LogP contribution in [0.1, 0.15) is 19.3 Å². The van der Waals surface area contributed by atoms with Gasteiger partial charge in [-0.1, -0.05) is 6.42 Å². The van der Waals surface area contributed by atoms with Crippen molar-refractivity contribution in [1.82, 2.24) is 4.90 Å². The van der Waals surface area contributed by atoms with Crippen LogP contribution >= 0.6 is 0 Å². The number of ether oxygens (including phenoxy) is 1. The second-order valence-corrected chi connectivity index (χ2v) is 6.75. The van der Waals surface area contributed by atoms with Crippen molar-refractivity contribution in [3.05, 3.63) is 18.2 Å². The molecule has 1 fully saturated rings. The van der Waals surface area contributed by atoms with Crippen LogP contribution in [0.15, 0.2) is 23.1 Å². The van der Waals surface area contributed by atoms with E-state index in [1.165, 1.54) is 31.0 Å². The van der Waals surface area contributed by atoms with Gasteiger partial charge < -0.3 is 15.4 Å². The van der Waals surface area contributed by atoms with Crippen LogP contribution in [0.5, 0.6) is 5.75 Å². The summed E-state index contributed by atoms with van der Waals surface area (Å²) < 4.78 is 28.4. The van der Waals surface area contributed by atoms with Crippen molar-refractivity contribution in [3.8, 4) is 5.75 Å².